The summed E-state index contributed by atoms with van der Waals surface area (Å²) in [4.78, 5) is 29.5. The lowest BCUT2D eigenvalue weighted by atomic mass is 9.49. The highest BCUT2D eigenvalue weighted by Gasteiger charge is 2.54. The summed E-state index contributed by atoms with van der Waals surface area (Å²) in [6, 6.07) is 7.91. The molecule has 158 valence electrons. The van der Waals surface area contributed by atoms with Gasteiger partial charge in [-0.2, -0.15) is 0 Å². The summed E-state index contributed by atoms with van der Waals surface area (Å²) in [5.41, 5.74) is 1.85. The quantitative estimate of drug-likeness (QED) is 0.772. The molecule has 1 atom stereocenters. The zero-order valence-electron chi connectivity index (χ0n) is 17.5. The lowest BCUT2D eigenvalue weighted by Gasteiger charge is -2.55. The second kappa shape index (κ2) is 7.56. The zero-order valence-corrected chi connectivity index (χ0v) is 17.5. The van der Waals surface area contributed by atoms with Crippen molar-refractivity contribution in [3.8, 4) is 5.69 Å². The van der Waals surface area contributed by atoms with E-state index >= 15 is 0 Å². The summed E-state index contributed by atoms with van der Waals surface area (Å²) >= 11 is 0. The van der Waals surface area contributed by atoms with Crippen LogP contribution in [0.15, 0.2) is 43.0 Å². The molecule has 4 bridgehead atoms. The number of amides is 2. The molecule has 2 amide bonds. The van der Waals surface area contributed by atoms with Crippen LogP contribution in [0.4, 0.5) is 0 Å². The molecule has 1 aromatic carbocycles. The van der Waals surface area contributed by atoms with E-state index in [4.69, 9.17) is 0 Å². The van der Waals surface area contributed by atoms with Gasteiger partial charge in [-0.1, -0.05) is 12.1 Å². The third-order valence-electron chi connectivity index (χ3n) is 7.50. The molecule has 0 spiro atoms. The first-order chi connectivity index (χ1) is 14.5. The number of carbonyl (C=O) groups is 2. The summed E-state index contributed by atoms with van der Waals surface area (Å²) < 4.78 is 1.94. The maximum absolute atomic E-state index is 13.0. The van der Waals surface area contributed by atoms with Gasteiger partial charge in [0.2, 0.25) is 11.8 Å². The van der Waals surface area contributed by atoms with Gasteiger partial charge >= 0.3 is 0 Å². The molecule has 0 radical (unpaired) electrons. The minimum atomic E-state index is -0.205. The molecule has 6 rings (SSSR count). The number of aromatic nitrogens is 2. The van der Waals surface area contributed by atoms with Gasteiger partial charge in [-0.15, -0.1) is 0 Å². The molecule has 6 nitrogen and oxygen atoms in total. The number of rotatable bonds is 6. The average molecular weight is 407 g/mol. The standard InChI is InChI=1S/C24H30N4O2/c1-16(20-2-4-21(5-3-20)28-7-6-25-15-28)27-22(29)14-26-23(30)24-11-17-8-18(12-24)10-19(9-17)13-24/h2-7,15-19H,8-14H2,1H3,(H,26,30)(H,27,29)/t16-,17?,18?,19?,24?/m0/s1. The van der Waals surface area contributed by atoms with Gasteiger partial charge in [-0.3, -0.25) is 9.59 Å². The smallest absolute Gasteiger partial charge is 0.239 e. The van der Waals surface area contributed by atoms with Crippen LogP contribution in [0.25, 0.3) is 5.69 Å². The molecule has 0 saturated heterocycles. The lowest BCUT2D eigenvalue weighted by Crippen LogP contribution is -2.54. The predicted octanol–water partition coefficient (Wildman–Crippen LogP) is 3.38. The van der Waals surface area contributed by atoms with Gasteiger partial charge in [0.25, 0.3) is 0 Å². The van der Waals surface area contributed by atoms with Gasteiger partial charge in [-0.25, -0.2) is 4.98 Å². The summed E-state index contributed by atoms with van der Waals surface area (Å²) in [5.74, 6) is 2.14. The SMILES string of the molecule is C[C@H](NC(=O)CNC(=O)C12CC3CC(CC(C3)C1)C2)c1ccc(-n2ccnc2)cc1. The Labute approximate surface area is 177 Å². The van der Waals surface area contributed by atoms with Gasteiger partial charge < -0.3 is 15.2 Å². The van der Waals surface area contributed by atoms with Crippen molar-refractivity contribution in [3.63, 3.8) is 0 Å². The van der Waals surface area contributed by atoms with Crippen LogP contribution < -0.4 is 10.6 Å². The molecule has 6 heteroatoms. The van der Waals surface area contributed by atoms with Crippen molar-refractivity contribution in [1.29, 1.82) is 0 Å². The van der Waals surface area contributed by atoms with Crippen molar-refractivity contribution < 1.29 is 9.59 Å². The number of nitrogens with zero attached hydrogens (tertiary/aromatic N) is 2. The van der Waals surface area contributed by atoms with E-state index in [0.717, 1.165) is 48.3 Å². The lowest BCUT2D eigenvalue weighted by molar-refractivity contribution is -0.147. The molecular weight excluding hydrogens is 376 g/mol. The molecule has 2 N–H and O–H groups in total. The predicted molar refractivity (Wildman–Crippen MR) is 114 cm³/mol. The number of hydrogen-bond donors (Lipinski definition) is 2. The highest BCUT2D eigenvalue weighted by molar-refractivity contribution is 5.88. The largest absolute Gasteiger partial charge is 0.348 e. The number of hydrogen-bond acceptors (Lipinski definition) is 3. The first-order valence-electron chi connectivity index (χ1n) is 11.2. The van der Waals surface area contributed by atoms with Crippen LogP contribution in [-0.4, -0.2) is 27.9 Å². The molecule has 30 heavy (non-hydrogen) atoms. The fourth-order valence-corrected chi connectivity index (χ4v) is 6.46. The Morgan fingerprint density at radius 3 is 2.30 bits per heavy atom. The second-order valence-corrected chi connectivity index (χ2v) is 9.73. The molecule has 1 heterocycles. The van der Waals surface area contributed by atoms with Crippen molar-refractivity contribution >= 4 is 11.8 Å². The number of carbonyl (C=O) groups excluding carboxylic acids is 2. The van der Waals surface area contributed by atoms with Crippen molar-refractivity contribution in [3.05, 3.63) is 48.5 Å². The van der Waals surface area contributed by atoms with Crippen LogP contribution in [0, 0.1) is 23.2 Å². The van der Waals surface area contributed by atoms with E-state index in [-0.39, 0.29) is 29.8 Å². The maximum Gasteiger partial charge on any atom is 0.239 e. The Balaban J connectivity index is 1.14. The first-order valence-corrected chi connectivity index (χ1v) is 11.2. The third kappa shape index (κ3) is 3.64. The second-order valence-electron chi connectivity index (χ2n) is 9.73. The van der Waals surface area contributed by atoms with Crippen LogP contribution >= 0.6 is 0 Å². The molecule has 4 saturated carbocycles. The number of benzene rings is 1. The zero-order chi connectivity index (χ0) is 20.7. The monoisotopic (exact) mass is 406 g/mol. The Morgan fingerprint density at radius 2 is 1.73 bits per heavy atom. The van der Waals surface area contributed by atoms with Gasteiger partial charge in [0.05, 0.1) is 18.9 Å². The van der Waals surface area contributed by atoms with E-state index in [9.17, 15) is 9.59 Å². The van der Waals surface area contributed by atoms with Gasteiger partial charge in [0.1, 0.15) is 0 Å². The number of imidazole rings is 1. The Morgan fingerprint density at radius 1 is 1.10 bits per heavy atom. The minimum absolute atomic E-state index is 0.0536. The summed E-state index contributed by atoms with van der Waals surface area (Å²) in [7, 11) is 0. The maximum atomic E-state index is 13.0. The van der Waals surface area contributed by atoms with Crippen LogP contribution in [0.3, 0.4) is 0 Å². The van der Waals surface area contributed by atoms with E-state index in [1.807, 2.05) is 42.0 Å². The van der Waals surface area contributed by atoms with E-state index < -0.39 is 0 Å². The van der Waals surface area contributed by atoms with Crippen LogP contribution in [0.2, 0.25) is 0 Å². The highest BCUT2D eigenvalue weighted by atomic mass is 16.2. The average Bonchev–Trinajstić information content (AvgIpc) is 3.26. The normalized spacial score (nSPS) is 30.1. The molecule has 2 aromatic rings. The molecule has 4 aliphatic carbocycles. The van der Waals surface area contributed by atoms with Crippen LogP contribution in [0.1, 0.15) is 57.1 Å². The van der Waals surface area contributed by atoms with Gasteiger partial charge in [0.15, 0.2) is 0 Å². The van der Waals surface area contributed by atoms with E-state index in [1.165, 1.54) is 19.3 Å². The molecule has 1 aromatic heterocycles. The third-order valence-corrected chi connectivity index (χ3v) is 7.50. The van der Waals surface area contributed by atoms with Crippen LogP contribution in [0.5, 0.6) is 0 Å². The van der Waals surface area contributed by atoms with E-state index in [0.29, 0.717) is 0 Å². The van der Waals surface area contributed by atoms with Crippen LogP contribution in [-0.2, 0) is 9.59 Å². The van der Waals surface area contributed by atoms with E-state index in [1.54, 1.807) is 12.5 Å². The van der Waals surface area contributed by atoms with E-state index in [2.05, 4.69) is 15.6 Å². The molecule has 0 aliphatic heterocycles. The fraction of sp³-hybridized carbons (Fsp3) is 0.542. The minimum Gasteiger partial charge on any atom is -0.348 e. The van der Waals surface area contributed by atoms with Crippen molar-refractivity contribution in [2.45, 2.75) is 51.5 Å². The molecule has 0 unspecified atom stereocenters. The summed E-state index contributed by atoms with van der Waals surface area (Å²) in [6.07, 6.45) is 12.4. The Kier molecular flexibility index (Phi) is 4.88. The van der Waals surface area contributed by atoms with Gasteiger partial charge in [0, 0.05) is 23.5 Å². The fourth-order valence-electron chi connectivity index (χ4n) is 6.46. The van der Waals surface area contributed by atoms with Crippen molar-refractivity contribution in [2.24, 2.45) is 23.2 Å². The Bertz CT molecular complexity index is 884. The molecular formula is C24H30N4O2. The van der Waals surface area contributed by atoms with Crippen molar-refractivity contribution in [1.82, 2.24) is 20.2 Å². The number of nitrogens with one attached hydrogen (secondary N) is 2. The first kappa shape index (κ1) is 19.3. The van der Waals surface area contributed by atoms with Crippen molar-refractivity contribution in [2.75, 3.05) is 6.54 Å². The molecule has 4 aliphatic rings. The molecule has 4 fully saturated rings. The summed E-state index contributed by atoms with van der Waals surface area (Å²) in [6.45, 7) is 2.02. The Hall–Kier alpha value is -2.63. The highest BCUT2D eigenvalue weighted by Crippen LogP contribution is 2.60. The van der Waals surface area contributed by atoms with Gasteiger partial charge in [-0.05, 0) is 80.9 Å². The summed E-state index contributed by atoms with van der Waals surface area (Å²) in [5, 5.41) is 5.97. The topological polar surface area (TPSA) is 76.0 Å².